The molecule has 1 rings (SSSR count). The molecule has 0 saturated carbocycles. The second-order valence-electron chi connectivity index (χ2n) is 2.09. The van der Waals surface area contributed by atoms with Crippen molar-refractivity contribution in [1.29, 1.82) is 0 Å². The van der Waals surface area contributed by atoms with Crippen LogP contribution in [0.1, 0.15) is 5.56 Å². The summed E-state index contributed by atoms with van der Waals surface area (Å²) in [5.41, 5.74) is 6.93. The molecule has 0 bridgehead atoms. The van der Waals surface area contributed by atoms with E-state index in [0.717, 1.165) is 5.56 Å². The first-order chi connectivity index (χ1) is 4.63. The van der Waals surface area contributed by atoms with E-state index in [1.807, 2.05) is 13.0 Å². The van der Waals surface area contributed by atoms with Crippen LogP contribution in [0.5, 0.6) is 0 Å². The van der Waals surface area contributed by atoms with E-state index in [1.165, 1.54) is 0 Å². The first-order valence-corrected chi connectivity index (χ1v) is 3.58. The minimum absolute atomic E-state index is 0.461. The lowest BCUT2D eigenvalue weighted by Gasteiger charge is -2.02. The Hall–Kier alpha value is -0.400. The molecule has 0 aliphatic heterocycles. The van der Waals surface area contributed by atoms with Crippen molar-refractivity contribution in [1.82, 2.24) is 0 Å². The van der Waals surface area contributed by atoms with Crippen LogP contribution in [0, 0.1) is 6.92 Å². The fourth-order valence-corrected chi connectivity index (χ4v) is 1.05. The number of hydrogen-bond acceptors (Lipinski definition) is 1. The molecule has 1 nitrogen and oxygen atoms in total. The van der Waals surface area contributed by atoms with E-state index in [0.29, 0.717) is 15.7 Å². The van der Waals surface area contributed by atoms with Gasteiger partial charge in [0.1, 0.15) is 0 Å². The van der Waals surface area contributed by atoms with E-state index in [9.17, 15) is 0 Å². The van der Waals surface area contributed by atoms with Gasteiger partial charge in [-0.25, -0.2) is 0 Å². The highest BCUT2D eigenvalue weighted by Crippen LogP contribution is 2.29. The van der Waals surface area contributed by atoms with E-state index in [2.05, 4.69) is 0 Å². The van der Waals surface area contributed by atoms with Crippen LogP contribution in [0.15, 0.2) is 12.1 Å². The van der Waals surface area contributed by atoms with Gasteiger partial charge in [0.05, 0.1) is 15.7 Å². The van der Waals surface area contributed by atoms with Crippen LogP contribution in [-0.4, -0.2) is 0 Å². The average Bonchev–Trinajstić information content (AvgIpc) is 1.93. The number of nitrogens with two attached hydrogens (primary N) is 1. The lowest BCUT2D eigenvalue weighted by molar-refractivity contribution is 1.47. The summed E-state index contributed by atoms with van der Waals surface area (Å²) < 4.78 is 0. The molecule has 0 fully saturated rings. The molecule has 54 valence electrons. The van der Waals surface area contributed by atoms with Crippen molar-refractivity contribution in [2.45, 2.75) is 6.92 Å². The zero-order chi connectivity index (χ0) is 7.72. The molecule has 2 N–H and O–H groups in total. The summed E-state index contributed by atoms with van der Waals surface area (Å²) in [7, 11) is 0. The Balaban J connectivity index is 3.34. The maximum Gasteiger partial charge on any atom is 0.0695 e. The second-order valence-corrected chi connectivity index (χ2v) is 2.88. The largest absolute Gasteiger partial charge is 0.396 e. The second kappa shape index (κ2) is 2.69. The first-order valence-electron chi connectivity index (χ1n) is 2.83. The maximum absolute atomic E-state index is 5.77. The van der Waals surface area contributed by atoms with Crippen LogP contribution in [-0.2, 0) is 0 Å². The third-order valence-corrected chi connectivity index (χ3v) is 2.15. The van der Waals surface area contributed by atoms with E-state index in [4.69, 9.17) is 28.9 Å². The lowest BCUT2D eigenvalue weighted by Crippen LogP contribution is -1.89. The fourth-order valence-electron chi connectivity index (χ4n) is 0.678. The average molecular weight is 176 g/mol. The highest BCUT2D eigenvalue weighted by molar-refractivity contribution is 6.39. The summed E-state index contributed by atoms with van der Waals surface area (Å²) in [5, 5.41) is 1.06. The Morgan fingerprint density at radius 1 is 1.30 bits per heavy atom. The number of nitrogen functional groups attached to an aromatic ring is 1. The molecule has 3 heteroatoms. The van der Waals surface area contributed by atoms with Gasteiger partial charge in [0.15, 0.2) is 0 Å². The number of rotatable bonds is 0. The number of halogens is 2. The fraction of sp³-hybridized carbons (Fsp3) is 0.143. The van der Waals surface area contributed by atoms with Crippen molar-refractivity contribution < 1.29 is 0 Å². The zero-order valence-corrected chi connectivity index (χ0v) is 7.00. The Morgan fingerprint density at radius 2 is 1.90 bits per heavy atom. The molecule has 0 unspecified atom stereocenters. The zero-order valence-electron chi connectivity index (χ0n) is 5.49. The normalized spacial score (nSPS) is 9.90. The van der Waals surface area contributed by atoms with Crippen LogP contribution < -0.4 is 5.73 Å². The predicted molar refractivity (Wildman–Crippen MR) is 45.6 cm³/mol. The van der Waals surface area contributed by atoms with E-state index >= 15 is 0 Å². The van der Waals surface area contributed by atoms with Gasteiger partial charge in [0.2, 0.25) is 0 Å². The van der Waals surface area contributed by atoms with Gasteiger partial charge >= 0.3 is 0 Å². The molecule has 1 aromatic carbocycles. The molecule has 0 atom stereocenters. The van der Waals surface area contributed by atoms with Gasteiger partial charge in [-0.3, -0.25) is 0 Å². The molecule has 0 heterocycles. The van der Waals surface area contributed by atoms with Crippen LogP contribution in [0.3, 0.4) is 0 Å². The highest BCUT2D eigenvalue weighted by atomic mass is 35.5. The van der Waals surface area contributed by atoms with Crippen molar-refractivity contribution in [2.75, 3.05) is 5.73 Å². The van der Waals surface area contributed by atoms with Crippen LogP contribution >= 0.6 is 23.2 Å². The maximum atomic E-state index is 5.77. The van der Waals surface area contributed by atoms with Crippen LogP contribution in [0.2, 0.25) is 10.0 Å². The SMILES string of the molecule is Cc1ccc(Cl)c(N)c1Cl. The van der Waals surface area contributed by atoms with Gasteiger partial charge in [0.25, 0.3) is 0 Å². The standard InChI is InChI=1S/C7H7Cl2N/c1-4-2-3-5(8)7(10)6(4)9/h2-3H,10H2,1H3. The molecule has 1 aromatic rings. The number of aryl methyl sites for hydroxylation is 1. The molecule has 0 radical (unpaired) electrons. The van der Waals surface area contributed by atoms with E-state index in [1.54, 1.807) is 6.07 Å². The minimum atomic E-state index is 0.461. The molecule has 0 amide bonds. The summed E-state index contributed by atoms with van der Waals surface area (Å²) in [5.74, 6) is 0. The molecular formula is C7H7Cl2N. The quantitative estimate of drug-likeness (QED) is 0.604. The topological polar surface area (TPSA) is 26.0 Å². The molecule has 0 aliphatic carbocycles. The van der Waals surface area contributed by atoms with Crippen molar-refractivity contribution in [2.24, 2.45) is 0 Å². The monoisotopic (exact) mass is 175 g/mol. The number of benzene rings is 1. The minimum Gasteiger partial charge on any atom is -0.396 e. The van der Waals surface area contributed by atoms with Crippen molar-refractivity contribution >= 4 is 28.9 Å². The summed E-state index contributed by atoms with van der Waals surface area (Å²) in [6, 6.07) is 3.57. The number of hydrogen-bond donors (Lipinski definition) is 1. The lowest BCUT2D eigenvalue weighted by atomic mass is 10.2. The van der Waals surface area contributed by atoms with Crippen molar-refractivity contribution in [3.8, 4) is 0 Å². The molecule has 10 heavy (non-hydrogen) atoms. The third-order valence-electron chi connectivity index (χ3n) is 1.32. The van der Waals surface area contributed by atoms with Gasteiger partial charge in [-0.15, -0.1) is 0 Å². The molecule has 0 aliphatic rings. The molecular weight excluding hydrogens is 169 g/mol. The van der Waals surface area contributed by atoms with Crippen LogP contribution in [0.4, 0.5) is 5.69 Å². The number of anilines is 1. The highest BCUT2D eigenvalue weighted by Gasteiger charge is 2.02. The summed E-state index contributed by atoms with van der Waals surface area (Å²) in [4.78, 5) is 0. The van der Waals surface area contributed by atoms with Gasteiger partial charge in [-0.05, 0) is 18.6 Å². The van der Waals surface area contributed by atoms with Crippen LogP contribution in [0.25, 0.3) is 0 Å². The summed E-state index contributed by atoms with van der Waals surface area (Å²) in [6.45, 7) is 1.88. The van der Waals surface area contributed by atoms with Gasteiger partial charge in [-0.1, -0.05) is 29.3 Å². The Kier molecular flexibility index (Phi) is 2.07. The predicted octanol–water partition coefficient (Wildman–Crippen LogP) is 2.88. The van der Waals surface area contributed by atoms with Gasteiger partial charge in [-0.2, -0.15) is 0 Å². The summed E-state index contributed by atoms with van der Waals surface area (Å²) in [6.07, 6.45) is 0. The smallest absolute Gasteiger partial charge is 0.0695 e. The van der Waals surface area contributed by atoms with E-state index < -0.39 is 0 Å². The Bertz CT molecular complexity index is 231. The van der Waals surface area contributed by atoms with Gasteiger partial charge < -0.3 is 5.73 Å². The molecule has 0 saturated heterocycles. The summed E-state index contributed by atoms with van der Waals surface area (Å²) >= 11 is 11.4. The molecule has 0 aromatic heterocycles. The first kappa shape index (κ1) is 7.70. The van der Waals surface area contributed by atoms with E-state index in [-0.39, 0.29) is 0 Å². The molecule has 0 spiro atoms. The Labute approximate surface area is 69.7 Å². The van der Waals surface area contributed by atoms with Gasteiger partial charge in [0, 0.05) is 0 Å². The van der Waals surface area contributed by atoms with Crippen molar-refractivity contribution in [3.63, 3.8) is 0 Å². The van der Waals surface area contributed by atoms with Crippen molar-refractivity contribution in [3.05, 3.63) is 27.7 Å². The Morgan fingerprint density at radius 3 is 2.40 bits per heavy atom. The third kappa shape index (κ3) is 1.20.